The van der Waals surface area contributed by atoms with Crippen molar-refractivity contribution in [2.24, 2.45) is 0 Å². The molecule has 13 heavy (non-hydrogen) atoms. The molecule has 0 radical (unpaired) electrons. The van der Waals surface area contributed by atoms with E-state index in [1.165, 1.54) is 22.0 Å². The topological polar surface area (TPSA) is 4.93 Å². The van der Waals surface area contributed by atoms with Gasteiger partial charge in [0.15, 0.2) is 0 Å². The second-order valence-electron chi connectivity index (χ2n) is 4.16. The molecule has 1 nitrogen and oxygen atoms in total. The number of fused-ring (bicyclic) bond motifs is 1. The summed E-state index contributed by atoms with van der Waals surface area (Å²) in [7, 11) is 0. The van der Waals surface area contributed by atoms with Gasteiger partial charge in [-0.25, -0.2) is 0 Å². The van der Waals surface area contributed by atoms with Gasteiger partial charge >= 0.3 is 0 Å². The van der Waals surface area contributed by atoms with Crippen LogP contribution in [-0.2, 0) is 23.6 Å². The summed E-state index contributed by atoms with van der Waals surface area (Å²) in [6, 6.07) is -1.05. The molecular weight excluding hydrogens is 236 g/mol. The largest absolute Gasteiger partial charge is 0.300 e. The first-order valence-electron chi connectivity index (χ1n) is 4.21. The van der Waals surface area contributed by atoms with Crippen LogP contribution in [0, 0.1) is 0 Å². The summed E-state index contributed by atoms with van der Waals surface area (Å²) in [5.41, 5.74) is 4.51. The molecule has 0 aliphatic carbocycles. The Kier molecular flexibility index (Phi) is 0.481. The summed E-state index contributed by atoms with van der Waals surface area (Å²) in [6.07, 6.45) is 1.23. The minimum Gasteiger partial charge on any atom is -0.300 e. The molecule has 2 atom stereocenters. The molecule has 0 N–H and O–H groups in total. The summed E-state index contributed by atoms with van der Waals surface area (Å²) in [6.45, 7) is 0. The lowest BCUT2D eigenvalue weighted by Crippen LogP contribution is -1.93. The van der Waals surface area contributed by atoms with Crippen molar-refractivity contribution in [1.82, 2.24) is 4.34 Å². The van der Waals surface area contributed by atoms with E-state index in [2.05, 4.69) is 10.4 Å². The molecule has 0 saturated carbocycles. The molecule has 6 aliphatic rings. The molecule has 7 rings (SSSR count). The van der Waals surface area contributed by atoms with Crippen LogP contribution in [0.15, 0.2) is 10.6 Å². The van der Waals surface area contributed by atoms with E-state index in [1.807, 2.05) is 0 Å². The lowest BCUT2D eigenvalue weighted by Gasteiger charge is -2.04. The first-order chi connectivity index (χ1) is 6.22. The number of nitrogens with zero attached hydrogens (tertiary/aromatic N) is 1. The van der Waals surface area contributed by atoms with Crippen LogP contribution in [-0.4, -0.2) is 4.34 Å². The zero-order valence-electron chi connectivity index (χ0n) is 6.24. The molecule has 60 valence electrons. The zero-order chi connectivity index (χ0) is 8.33. The fourth-order valence-electron chi connectivity index (χ4n) is 2.93. The summed E-state index contributed by atoms with van der Waals surface area (Å²) < 4.78 is 2.41. The van der Waals surface area contributed by atoms with Gasteiger partial charge in [-0.1, -0.05) is 23.6 Å². The summed E-state index contributed by atoms with van der Waals surface area (Å²) in [5.74, 6) is 0. The summed E-state index contributed by atoms with van der Waals surface area (Å²) in [4.78, 5) is 0. The summed E-state index contributed by atoms with van der Waals surface area (Å²) in [5, 5.41) is 6.29. The van der Waals surface area contributed by atoms with E-state index in [4.69, 9.17) is 23.6 Å². The maximum atomic E-state index is 5.62. The van der Waals surface area contributed by atoms with E-state index in [-0.39, 0.29) is 0 Å². The molecular formula is C8HNP2S2. The minimum absolute atomic E-state index is 1.05. The van der Waals surface area contributed by atoms with Gasteiger partial charge in [0.25, 0.3) is 0 Å². The van der Waals surface area contributed by atoms with E-state index < -0.39 is 12.2 Å². The van der Waals surface area contributed by atoms with Crippen molar-refractivity contribution >= 4 is 58.0 Å². The number of hydrogen-bond acceptors (Lipinski definition) is 2. The van der Waals surface area contributed by atoms with Gasteiger partial charge in [-0.2, -0.15) is 0 Å². The molecule has 2 unspecified atom stereocenters. The van der Waals surface area contributed by atoms with Gasteiger partial charge in [-0.15, -0.1) is 0 Å². The Balaban J connectivity index is 2.00. The van der Waals surface area contributed by atoms with Crippen LogP contribution in [0.3, 0.4) is 0 Å². The van der Waals surface area contributed by atoms with Gasteiger partial charge in [-0.05, 0) is 6.08 Å². The van der Waals surface area contributed by atoms with Crippen molar-refractivity contribution in [1.29, 1.82) is 0 Å². The predicted molar refractivity (Wildman–Crippen MR) is 62.6 cm³/mol. The third kappa shape index (κ3) is 0.297. The van der Waals surface area contributed by atoms with Crippen molar-refractivity contribution in [3.05, 3.63) is 21.9 Å². The number of rotatable bonds is 0. The average molecular weight is 237 g/mol. The Bertz CT molecular complexity index is 782. The van der Waals surface area contributed by atoms with Gasteiger partial charge in [0.05, 0.1) is 11.1 Å². The van der Waals surface area contributed by atoms with E-state index in [0.29, 0.717) is 0 Å². The van der Waals surface area contributed by atoms with Crippen LogP contribution in [0.1, 0.15) is 11.3 Å². The molecule has 7 heterocycles. The van der Waals surface area contributed by atoms with E-state index in [9.17, 15) is 0 Å². The molecule has 1 saturated heterocycles. The highest BCUT2D eigenvalue weighted by atomic mass is 32.4. The summed E-state index contributed by atoms with van der Waals surface area (Å²) >= 11 is 11.2. The van der Waals surface area contributed by atoms with Crippen molar-refractivity contribution in [3.63, 3.8) is 0 Å². The van der Waals surface area contributed by atoms with Crippen LogP contribution >= 0.6 is 12.2 Å². The molecule has 1 aromatic rings. The zero-order valence-corrected chi connectivity index (χ0v) is 9.66. The van der Waals surface area contributed by atoms with Crippen LogP contribution in [0.2, 0.25) is 0 Å². The first-order valence-corrected chi connectivity index (χ1v) is 9.77. The average Bonchev–Trinajstić information content (AvgIpc) is 3.03. The molecule has 1 fully saturated rings. The minimum atomic E-state index is -1.11. The van der Waals surface area contributed by atoms with Crippen LogP contribution in [0.5, 0.6) is 0 Å². The Labute approximate surface area is 84.2 Å². The van der Waals surface area contributed by atoms with Crippen molar-refractivity contribution in [2.75, 3.05) is 0 Å². The molecule has 6 aliphatic heterocycles. The quantitative estimate of drug-likeness (QED) is 0.546. The highest BCUT2D eigenvalue weighted by Gasteiger charge is 2.76. The fourth-order valence-corrected chi connectivity index (χ4v) is 12.1. The maximum Gasteiger partial charge on any atom is 0.117 e. The van der Waals surface area contributed by atoms with Gasteiger partial charge in [0, 0.05) is 32.8 Å². The maximum absolute atomic E-state index is 5.62. The van der Waals surface area contributed by atoms with Crippen LogP contribution in [0.25, 0.3) is 11.4 Å². The highest BCUT2D eigenvalue weighted by molar-refractivity contribution is 8.35. The molecule has 0 spiro atoms. The second kappa shape index (κ2) is 1.07. The fraction of sp³-hybridized carbons (Fsp3) is 0. The van der Waals surface area contributed by atoms with Crippen LogP contribution in [0.4, 0.5) is 0 Å². The molecule has 0 amide bonds. The molecule has 1 aromatic heterocycles. The van der Waals surface area contributed by atoms with Gasteiger partial charge in [-0.3, -0.25) is 4.34 Å². The van der Waals surface area contributed by atoms with Gasteiger partial charge < -0.3 is 0 Å². The van der Waals surface area contributed by atoms with Crippen molar-refractivity contribution in [2.45, 2.75) is 0 Å². The van der Waals surface area contributed by atoms with E-state index in [1.54, 1.807) is 15.9 Å². The number of aromatic nitrogens is 1. The Morgan fingerprint density at radius 2 is 1.92 bits per heavy atom. The number of hydrogen-bond donors (Lipinski definition) is 0. The van der Waals surface area contributed by atoms with Crippen molar-refractivity contribution in [3.8, 4) is 0 Å². The lowest BCUT2D eigenvalue weighted by atomic mass is 10.1. The Morgan fingerprint density at radius 1 is 1.23 bits per heavy atom. The third-order valence-corrected chi connectivity index (χ3v) is 12.4. The standard InChI is InChI=1S/C8HNP2S2/c12-10-3-1-2-4(6(10)5(3)10)7-8-9(2)11(7,8)13/h1H. The third-order valence-electron chi connectivity index (χ3n) is 3.76. The SMILES string of the molecule is S=P12c3cc4c(c1c32)c1c2n4P12=S. The highest BCUT2D eigenvalue weighted by Crippen LogP contribution is 3.07. The Morgan fingerprint density at radius 3 is 2.62 bits per heavy atom. The normalized spacial score (nSPS) is 46.3. The van der Waals surface area contributed by atoms with E-state index in [0.717, 1.165) is 0 Å². The lowest BCUT2D eigenvalue weighted by molar-refractivity contribution is 1.36. The number of allylic oxidation sites excluding steroid dienone is 2. The monoisotopic (exact) mass is 237 g/mol. The second-order valence-corrected chi connectivity index (χ2v) is 12.4. The predicted octanol–water partition coefficient (Wildman–Crippen LogP) is 1.54. The molecule has 2 bridgehead atoms. The Hall–Kier alpha value is 0.0600. The van der Waals surface area contributed by atoms with Gasteiger partial charge in [0.1, 0.15) is 6.19 Å². The first kappa shape index (κ1) is 5.82. The molecule has 0 aromatic carbocycles. The van der Waals surface area contributed by atoms with Crippen LogP contribution < -0.4 is 10.7 Å². The smallest absolute Gasteiger partial charge is 0.117 e. The molecule has 5 heteroatoms. The van der Waals surface area contributed by atoms with E-state index >= 15 is 0 Å². The van der Waals surface area contributed by atoms with Crippen molar-refractivity contribution < 1.29 is 0 Å². The van der Waals surface area contributed by atoms with Gasteiger partial charge in [0.2, 0.25) is 0 Å².